The summed E-state index contributed by atoms with van der Waals surface area (Å²) in [4.78, 5) is 15.5. The summed E-state index contributed by atoms with van der Waals surface area (Å²) >= 11 is 0. The highest BCUT2D eigenvalue weighted by Crippen LogP contribution is 2.28. The molecule has 0 spiro atoms. The van der Waals surface area contributed by atoms with E-state index in [-0.39, 0.29) is 5.91 Å². The number of benzene rings is 1. The lowest BCUT2D eigenvalue weighted by Gasteiger charge is -2.26. The van der Waals surface area contributed by atoms with Gasteiger partial charge in [0.25, 0.3) is 5.91 Å². The predicted octanol–water partition coefficient (Wildman–Crippen LogP) is 3.31. The minimum Gasteiger partial charge on any atom is -0.399 e. The first kappa shape index (κ1) is 14.0. The lowest BCUT2D eigenvalue weighted by molar-refractivity contribution is 0.0942. The van der Waals surface area contributed by atoms with Crippen LogP contribution in [0.15, 0.2) is 24.4 Å². The minimum absolute atomic E-state index is 0.00919. The van der Waals surface area contributed by atoms with Crippen LogP contribution in [-0.4, -0.2) is 17.4 Å². The van der Waals surface area contributed by atoms with E-state index in [2.05, 4.69) is 17.2 Å². The second-order valence-electron chi connectivity index (χ2n) is 6.36. The monoisotopic (exact) mass is 285 g/mol. The molecule has 21 heavy (non-hydrogen) atoms. The lowest BCUT2D eigenvalue weighted by atomic mass is 9.82. The van der Waals surface area contributed by atoms with Crippen LogP contribution in [0.5, 0.6) is 0 Å². The van der Waals surface area contributed by atoms with Gasteiger partial charge in [0.05, 0.1) is 5.56 Å². The van der Waals surface area contributed by atoms with Gasteiger partial charge in [-0.15, -0.1) is 0 Å². The molecule has 1 aliphatic carbocycles. The fraction of sp³-hybridized carbons (Fsp3) is 0.471. The molecule has 0 radical (unpaired) electrons. The van der Waals surface area contributed by atoms with Crippen LogP contribution < -0.4 is 11.1 Å². The molecular formula is C17H23N3O. The van der Waals surface area contributed by atoms with E-state index in [1.165, 1.54) is 25.7 Å². The number of amides is 1. The number of H-pyrrole nitrogens is 1. The zero-order valence-corrected chi connectivity index (χ0v) is 12.5. The SMILES string of the molecule is CC1CCCC(CNC(=O)c2c[nH]c3ccc(N)cc23)C1. The fourth-order valence-corrected chi connectivity index (χ4v) is 3.40. The average molecular weight is 285 g/mol. The van der Waals surface area contributed by atoms with E-state index in [0.717, 1.165) is 23.4 Å². The summed E-state index contributed by atoms with van der Waals surface area (Å²) in [6.45, 7) is 3.08. The van der Waals surface area contributed by atoms with E-state index in [1.54, 1.807) is 6.20 Å². The van der Waals surface area contributed by atoms with Gasteiger partial charge in [-0.3, -0.25) is 4.79 Å². The third-order valence-corrected chi connectivity index (χ3v) is 4.55. The number of nitrogen functional groups attached to an aromatic ring is 1. The van der Waals surface area contributed by atoms with Crippen LogP contribution in [-0.2, 0) is 0 Å². The molecule has 1 saturated carbocycles. The molecule has 1 aromatic heterocycles. The van der Waals surface area contributed by atoms with Crippen molar-refractivity contribution in [2.75, 3.05) is 12.3 Å². The molecule has 0 saturated heterocycles. The van der Waals surface area contributed by atoms with Gasteiger partial charge in [-0.1, -0.05) is 19.8 Å². The normalized spacial score (nSPS) is 22.3. The Morgan fingerprint density at radius 3 is 3.10 bits per heavy atom. The molecule has 1 fully saturated rings. The van der Waals surface area contributed by atoms with Crippen molar-refractivity contribution in [1.29, 1.82) is 0 Å². The molecule has 1 amide bonds. The van der Waals surface area contributed by atoms with Crippen molar-refractivity contribution < 1.29 is 4.79 Å². The van der Waals surface area contributed by atoms with Crippen LogP contribution in [0.25, 0.3) is 10.9 Å². The van der Waals surface area contributed by atoms with Gasteiger partial charge < -0.3 is 16.0 Å². The third-order valence-electron chi connectivity index (χ3n) is 4.55. The Morgan fingerprint density at radius 2 is 2.29 bits per heavy atom. The number of carbonyl (C=O) groups is 1. The Morgan fingerprint density at radius 1 is 1.43 bits per heavy atom. The van der Waals surface area contributed by atoms with Gasteiger partial charge in [-0.2, -0.15) is 0 Å². The van der Waals surface area contributed by atoms with Crippen molar-refractivity contribution in [3.05, 3.63) is 30.0 Å². The second kappa shape index (κ2) is 5.80. The standard InChI is InChI=1S/C17H23N3O/c1-11-3-2-4-12(7-11)9-20-17(21)15-10-19-16-6-5-13(18)8-14(15)16/h5-6,8,10-12,19H,2-4,7,9,18H2,1H3,(H,20,21). The van der Waals surface area contributed by atoms with Crippen LogP contribution >= 0.6 is 0 Å². The molecule has 3 rings (SSSR count). The number of nitrogens with two attached hydrogens (primary N) is 1. The summed E-state index contributed by atoms with van der Waals surface area (Å²) < 4.78 is 0. The number of anilines is 1. The lowest BCUT2D eigenvalue weighted by Crippen LogP contribution is -2.31. The number of aromatic amines is 1. The Hall–Kier alpha value is -1.97. The quantitative estimate of drug-likeness (QED) is 0.757. The van der Waals surface area contributed by atoms with Gasteiger partial charge in [0.15, 0.2) is 0 Å². The summed E-state index contributed by atoms with van der Waals surface area (Å²) in [7, 11) is 0. The summed E-state index contributed by atoms with van der Waals surface area (Å²) in [5.74, 6) is 1.39. The van der Waals surface area contributed by atoms with Crippen LogP contribution in [0.1, 0.15) is 43.0 Å². The van der Waals surface area contributed by atoms with Gasteiger partial charge in [-0.05, 0) is 42.9 Å². The number of nitrogens with one attached hydrogen (secondary N) is 2. The molecule has 4 N–H and O–H groups in total. The highest BCUT2D eigenvalue weighted by atomic mass is 16.1. The van der Waals surface area contributed by atoms with E-state index >= 15 is 0 Å². The maximum absolute atomic E-state index is 12.4. The Bertz CT molecular complexity index is 647. The van der Waals surface area contributed by atoms with Crippen molar-refractivity contribution in [2.24, 2.45) is 11.8 Å². The van der Waals surface area contributed by atoms with Gasteiger partial charge in [0, 0.05) is 29.3 Å². The summed E-state index contributed by atoms with van der Waals surface area (Å²) in [5, 5.41) is 3.98. The largest absolute Gasteiger partial charge is 0.399 e. The van der Waals surface area contributed by atoms with Crippen molar-refractivity contribution >= 4 is 22.5 Å². The molecular weight excluding hydrogens is 262 g/mol. The van der Waals surface area contributed by atoms with Crippen LogP contribution in [0.2, 0.25) is 0 Å². The minimum atomic E-state index is -0.00919. The average Bonchev–Trinajstić information content (AvgIpc) is 2.88. The molecule has 4 nitrogen and oxygen atoms in total. The first-order chi connectivity index (χ1) is 10.1. The molecule has 1 heterocycles. The van der Waals surface area contributed by atoms with Gasteiger partial charge in [0.2, 0.25) is 0 Å². The van der Waals surface area contributed by atoms with Gasteiger partial charge in [0.1, 0.15) is 0 Å². The molecule has 112 valence electrons. The zero-order valence-electron chi connectivity index (χ0n) is 12.5. The molecule has 2 unspecified atom stereocenters. The summed E-state index contributed by atoms with van der Waals surface area (Å²) in [6, 6.07) is 5.59. The summed E-state index contributed by atoms with van der Waals surface area (Å²) in [5.41, 5.74) is 8.12. The smallest absolute Gasteiger partial charge is 0.253 e. The first-order valence-corrected chi connectivity index (χ1v) is 7.78. The number of hydrogen-bond acceptors (Lipinski definition) is 2. The van der Waals surface area contributed by atoms with Crippen LogP contribution in [0.3, 0.4) is 0 Å². The molecule has 1 aliphatic rings. The molecule has 4 heteroatoms. The third kappa shape index (κ3) is 3.04. The highest BCUT2D eigenvalue weighted by Gasteiger charge is 2.20. The Labute approximate surface area is 125 Å². The second-order valence-corrected chi connectivity index (χ2v) is 6.36. The molecule has 2 aromatic rings. The highest BCUT2D eigenvalue weighted by molar-refractivity contribution is 6.07. The van der Waals surface area contributed by atoms with Crippen molar-refractivity contribution in [1.82, 2.24) is 10.3 Å². The number of aromatic nitrogens is 1. The van der Waals surface area contributed by atoms with Crippen molar-refractivity contribution in [3.63, 3.8) is 0 Å². The molecule has 0 aliphatic heterocycles. The van der Waals surface area contributed by atoms with E-state index in [1.807, 2.05) is 18.2 Å². The first-order valence-electron chi connectivity index (χ1n) is 7.78. The zero-order chi connectivity index (χ0) is 14.8. The molecule has 2 atom stereocenters. The number of rotatable bonds is 3. The van der Waals surface area contributed by atoms with Crippen molar-refractivity contribution in [2.45, 2.75) is 32.6 Å². The molecule has 0 bridgehead atoms. The van der Waals surface area contributed by atoms with E-state index in [0.29, 0.717) is 17.2 Å². The maximum atomic E-state index is 12.4. The Balaban J connectivity index is 1.68. The van der Waals surface area contributed by atoms with E-state index in [4.69, 9.17) is 5.73 Å². The number of hydrogen-bond donors (Lipinski definition) is 3. The van der Waals surface area contributed by atoms with Gasteiger partial charge >= 0.3 is 0 Å². The van der Waals surface area contributed by atoms with E-state index < -0.39 is 0 Å². The van der Waals surface area contributed by atoms with Crippen molar-refractivity contribution in [3.8, 4) is 0 Å². The maximum Gasteiger partial charge on any atom is 0.253 e. The van der Waals surface area contributed by atoms with E-state index in [9.17, 15) is 4.79 Å². The van der Waals surface area contributed by atoms with Gasteiger partial charge in [-0.25, -0.2) is 0 Å². The number of carbonyl (C=O) groups excluding carboxylic acids is 1. The topological polar surface area (TPSA) is 70.9 Å². The van der Waals surface area contributed by atoms with Crippen LogP contribution in [0, 0.1) is 11.8 Å². The molecule has 1 aromatic carbocycles. The predicted molar refractivity (Wildman–Crippen MR) is 86.2 cm³/mol. The number of fused-ring (bicyclic) bond motifs is 1. The summed E-state index contributed by atoms with van der Waals surface area (Å²) in [6.07, 6.45) is 6.83. The van der Waals surface area contributed by atoms with Crippen LogP contribution in [0.4, 0.5) is 5.69 Å². The Kier molecular flexibility index (Phi) is 3.86. The fourth-order valence-electron chi connectivity index (χ4n) is 3.40.